The van der Waals surface area contributed by atoms with Gasteiger partial charge in [-0.1, -0.05) is 48.5 Å². The Kier molecular flexibility index (Phi) is 6.91. The number of carbonyl (C=O) groups excluding carboxylic acids is 1. The highest BCUT2D eigenvalue weighted by molar-refractivity contribution is 5.81. The van der Waals surface area contributed by atoms with Crippen LogP contribution in [-0.2, 0) is 9.53 Å². The average Bonchev–Trinajstić information content (AvgIpc) is 3.32. The van der Waals surface area contributed by atoms with Crippen LogP contribution in [0.15, 0.2) is 66.7 Å². The summed E-state index contributed by atoms with van der Waals surface area (Å²) in [6, 6.07) is 20.6. The van der Waals surface area contributed by atoms with Crippen LogP contribution < -0.4 is 4.74 Å². The Labute approximate surface area is 212 Å². The third-order valence-corrected chi connectivity index (χ3v) is 7.09. The second-order valence-corrected chi connectivity index (χ2v) is 9.51. The number of aromatic amines is 1. The van der Waals surface area contributed by atoms with Gasteiger partial charge in [0.25, 0.3) is 0 Å². The van der Waals surface area contributed by atoms with Crippen LogP contribution in [0, 0.1) is 5.92 Å². The highest BCUT2D eigenvalue weighted by Gasteiger charge is 2.31. The first-order valence-electron chi connectivity index (χ1n) is 12.3. The number of halogens is 3. The van der Waals surface area contributed by atoms with Crippen molar-refractivity contribution in [2.24, 2.45) is 5.92 Å². The van der Waals surface area contributed by atoms with Gasteiger partial charge in [-0.2, -0.15) is 0 Å². The normalized spacial score (nSPS) is 18.1. The Morgan fingerprint density at radius 2 is 1.54 bits per heavy atom. The van der Waals surface area contributed by atoms with Crippen LogP contribution in [0.25, 0.3) is 33.5 Å². The number of esters is 1. The minimum atomic E-state index is -4.74. The summed E-state index contributed by atoms with van der Waals surface area (Å²) in [5.74, 6) is 1.10. The number of rotatable bonds is 6. The molecule has 192 valence electrons. The molecule has 5 nitrogen and oxygen atoms in total. The summed E-state index contributed by atoms with van der Waals surface area (Å²) >= 11 is 0. The zero-order chi connectivity index (χ0) is 26.0. The quantitative estimate of drug-likeness (QED) is 0.272. The molecule has 4 aromatic rings. The van der Waals surface area contributed by atoms with E-state index in [-0.39, 0.29) is 11.7 Å². The number of carbonyl (C=O) groups is 1. The largest absolute Gasteiger partial charge is 0.573 e. The van der Waals surface area contributed by atoms with E-state index in [2.05, 4.69) is 39.0 Å². The third kappa shape index (κ3) is 5.96. The summed E-state index contributed by atoms with van der Waals surface area (Å²) in [7, 11) is 1.44. The number of alkyl halides is 3. The molecule has 0 atom stereocenters. The number of methoxy groups -OCH3 is 1. The molecule has 5 rings (SSSR count). The first kappa shape index (κ1) is 24.9. The van der Waals surface area contributed by atoms with Gasteiger partial charge < -0.3 is 14.5 Å². The fourth-order valence-electron chi connectivity index (χ4n) is 5.11. The fraction of sp³-hybridized carbons (Fsp3) is 0.310. The molecule has 37 heavy (non-hydrogen) atoms. The van der Waals surface area contributed by atoms with Gasteiger partial charge in [0.05, 0.1) is 18.1 Å². The predicted octanol–water partition coefficient (Wildman–Crippen LogP) is 7.63. The number of ether oxygens (including phenoxy) is 2. The first-order chi connectivity index (χ1) is 17.8. The van der Waals surface area contributed by atoms with Crippen molar-refractivity contribution in [1.29, 1.82) is 0 Å². The number of aromatic nitrogens is 2. The van der Waals surface area contributed by atoms with Crippen molar-refractivity contribution in [2.45, 2.75) is 44.4 Å². The number of hydrogen-bond donors (Lipinski definition) is 1. The number of nitrogens with zero attached hydrogens (tertiary/aromatic N) is 1. The van der Waals surface area contributed by atoms with Crippen molar-refractivity contribution in [3.8, 4) is 28.3 Å². The van der Waals surface area contributed by atoms with Crippen molar-refractivity contribution >= 4 is 17.0 Å². The summed E-state index contributed by atoms with van der Waals surface area (Å²) in [5, 5.41) is 0. The minimum absolute atomic E-state index is 0.121. The monoisotopic (exact) mass is 508 g/mol. The van der Waals surface area contributed by atoms with Gasteiger partial charge in [0.2, 0.25) is 0 Å². The topological polar surface area (TPSA) is 64.2 Å². The summed E-state index contributed by atoms with van der Waals surface area (Å²) in [6.07, 6.45) is 0.0202. The van der Waals surface area contributed by atoms with Gasteiger partial charge in [0, 0.05) is 18.1 Å². The van der Waals surface area contributed by atoms with Crippen LogP contribution in [0.4, 0.5) is 13.2 Å². The van der Waals surface area contributed by atoms with Crippen LogP contribution in [0.1, 0.15) is 43.6 Å². The molecular formula is C29H27F3N2O3. The molecule has 1 aromatic heterocycles. The van der Waals surface area contributed by atoms with Crippen LogP contribution in [0.5, 0.6) is 5.75 Å². The number of H-pyrrole nitrogens is 1. The molecule has 1 heterocycles. The second-order valence-electron chi connectivity index (χ2n) is 9.51. The van der Waals surface area contributed by atoms with E-state index in [4.69, 9.17) is 4.74 Å². The maximum atomic E-state index is 12.5. The Hall–Kier alpha value is -3.81. The molecule has 3 aromatic carbocycles. The first-order valence-corrected chi connectivity index (χ1v) is 12.3. The molecule has 1 fully saturated rings. The van der Waals surface area contributed by atoms with E-state index < -0.39 is 6.36 Å². The third-order valence-electron chi connectivity index (χ3n) is 7.09. The Morgan fingerprint density at radius 1 is 0.919 bits per heavy atom. The van der Waals surface area contributed by atoms with Gasteiger partial charge in [0.15, 0.2) is 0 Å². The van der Waals surface area contributed by atoms with Crippen LogP contribution in [-0.4, -0.2) is 29.4 Å². The van der Waals surface area contributed by atoms with Gasteiger partial charge in [-0.05, 0) is 66.3 Å². The molecule has 1 saturated carbocycles. The van der Waals surface area contributed by atoms with E-state index in [9.17, 15) is 18.0 Å². The standard InChI is InChI=1S/C29H27F3N2O3/c1-36-27(35)16-18-2-4-19(5-3-18)20-6-8-21(9-7-20)22-10-12-23(13-11-22)28-33-25-15-14-24(17-26(25)34-28)37-29(30,31)32/h6-15,17-19H,2-5,16H2,1H3,(H,33,34). The molecule has 0 spiro atoms. The van der Waals surface area contributed by atoms with Gasteiger partial charge >= 0.3 is 12.3 Å². The van der Waals surface area contributed by atoms with Gasteiger partial charge in [-0.3, -0.25) is 4.79 Å². The maximum absolute atomic E-state index is 12.5. The highest BCUT2D eigenvalue weighted by Crippen LogP contribution is 2.38. The molecule has 1 N–H and O–H groups in total. The van der Waals surface area contributed by atoms with Crippen molar-refractivity contribution in [3.63, 3.8) is 0 Å². The molecule has 1 aliphatic carbocycles. The number of fused-ring (bicyclic) bond motifs is 1. The minimum Gasteiger partial charge on any atom is -0.469 e. The summed E-state index contributed by atoms with van der Waals surface area (Å²) in [5.41, 5.74) is 5.35. The predicted molar refractivity (Wildman–Crippen MR) is 135 cm³/mol. The Balaban J connectivity index is 1.24. The fourth-order valence-corrected chi connectivity index (χ4v) is 5.11. The van der Waals surface area contributed by atoms with Crippen molar-refractivity contribution in [1.82, 2.24) is 9.97 Å². The van der Waals surface area contributed by atoms with Gasteiger partial charge in [-0.15, -0.1) is 13.2 Å². The molecule has 0 saturated heterocycles. The lowest BCUT2D eigenvalue weighted by molar-refractivity contribution is -0.274. The van der Waals surface area contributed by atoms with Crippen LogP contribution >= 0.6 is 0 Å². The van der Waals surface area contributed by atoms with E-state index in [1.54, 1.807) is 0 Å². The van der Waals surface area contributed by atoms with Gasteiger partial charge in [0.1, 0.15) is 11.6 Å². The highest BCUT2D eigenvalue weighted by atomic mass is 19.4. The molecule has 0 amide bonds. The van der Waals surface area contributed by atoms with E-state index >= 15 is 0 Å². The number of nitrogens with one attached hydrogen (secondary N) is 1. The van der Waals surface area contributed by atoms with E-state index in [1.807, 2.05) is 24.3 Å². The molecule has 1 aliphatic rings. The summed E-state index contributed by atoms with van der Waals surface area (Å²) in [4.78, 5) is 19.1. The van der Waals surface area contributed by atoms with E-state index in [0.717, 1.165) is 42.4 Å². The lowest BCUT2D eigenvalue weighted by atomic mass is 9.77. The molecule has 0 unspecified atom stereocenters. The maximum Gasteiger partial charge on any atom is 0.573 e. The zero-order valence-electron chi connectivity index (χ0n) is 20.3. The van der Waals surface area contributed by atoms with Crippen LogP contribution in [0.3, 0.4) is 0 Å². The SMILES string of the molecule is COC(=O)CC1CCC(c2ccc(-c3ccc(-c4nc5ccc(OC(F)(F)F)cc5[nH]4)cc3)cc2)CC1. The van der Waals surface area contributed by atoms with Gasteiger partial charge in [-0.25, -0.2) is 4.98 Å². The van der Waals surface area contributed by atoms with Crippen LogP contribution in [0.2, 0.25) is 0 Å². The molecule has 0 aliphatic heterocycles. The second kappa shape index (κ2) is 10.3. The summed E-state index contributed by atoms with van der Waals surface area (Å²) < 4.78 is 46.3. The number of hydrogen-bond acceptors (Lipinski definition) is 4. The smallest absolute Gasteiger partial charge is 0.469 e. The number of imidazole rings is 1. The number of benzene rings is 3. The lowest BCUT2D eigenvalue weighted by Crippen LogP contribution is -2.17. The molecule has 0 bridgehead atoms. The molecular weight excluding hydrogens is 481 g/mol. The van der Waals surface area contributed by atoms with Crippen molar-refractivity contribution in [2.75, 3.05) is 7.11 Å². The van der Waals surface area contributed by atoms with Crippen molar-refractivity contribution < 1.29 is 27.4 Å². The Bertz CT molecular complexity index is 1370. The van der Waals surface area contributed by atoms with Crippen molar-refractivity contribution in [3.05, 3.63) is 72.3 Å². The average molecular weight is 509 g/mol. The van der Waals surface area contributed by atoms with E-state index in [0.29, 0.717) is 35.1 Å². The molecule has 0 radical (unpaired) electrons. The Morgan fingerprint density at radius 3 is 2.16 bits per heavy atom. The summed E-state index contributed by atoms with van der Waals surface area (Å²) in [6.45, 7) is 0. The molecule has 8 heteroatoms. The lowest BCUT2D eigenvalue weighted by Gasteiger charge is -2.28. The van der Waals surface area contributed by atoms with E-state index in [1.165, 1.54) is 30.9 Å². The zero-order valence-corrected chi connectivity index (χ0v) is 20.3.